The molecule has 0 radical (unpaired) electrons. The maximum atomic E-state index is 10.9. The van der Waals surface area contributed by atoms with Crippen molar-refractivity contribution in [3.8, 4) is 0 Å². The number of aliphatic hydroxyl groups excluding tert-OH is 3. The van der Waals surface area contributed by atoms with E-state index in [0.29, 0.717) is 24.2 Å². The van der Waals surface area contributed by atoms with E-state index in [4.69, 9.17) is 0 Å². The second-order valence-corrected chi connectivity index (χ2v) is 15.2. The predicted molar refractivity (Wildman–Crippen MR) is 142 cm³/mol. The van der Waals surface area contributed by atoms with Crippen molar-refractivity contribution in [1.29, 1.82) is 0 Å². The fraction of sp³-hybridized carbons (Fsp3) is 0.935. The Bertz CT molecular complexity index is 841. The van der Waals surface area contributed by atoms with Gasteiger partial charge in [-0.15, -0.1) is 0 Å². The average Bonchev–Trinajstić information content (AvgIpc) is 3.03. The molecule has 0 saturated heterocycles. The Balaban J connectivity index is 1.66. The van der Waals surface area contributed by atoms with Crippen LogP contribution in [0.2, 0.25) is 0 Å². The van der Waals surface area contributed by atoms with Crippen molar-refractivity contribution in [1.82, 2.24) is 0 Å². The lowest BCUT2D eigenvalue weighted by atomic mass is 9.33. The van der Waals surface area contributed by atoms with Crippen molar-refractivity contribution in [3.63, 3.8) is 0 Å². The molecule has 4 aliphatic carbocycles. The highest BCUT2D eigenvalue weighted by atomic mass is 16.3. The quantitative estimate of drug-likeness (QED) is 0.364. The fourth-order valence-corrected chi connectivity index (χ4v) is 10.6. The molecule has 4 saturated carbocycles. The summed E-state index contributed by atoms with van der Waals surface area (Å²) in [5, 5.41) is 41.9. The Morgan fingerprint density at radius 3 is 2.09 bits per heavy atom. The van der Waals surface area contributed by atoms with Crippen molar-refractivity contribution in [2.45, 2.75) is 131 Å². The van der Waals surface area contributed by atoms with Crippen LogP contribution in [-0.2, 0) is 0 Å². The largest absolute Gasteiger partial charge is 0.393 e. The number of fused-ring (bicyclic) bond motifs is 5. The molecule has 4 heteroatoms. The van der Waals surface area contributed by atoms with Crippen LogP contribution in [-0.4, -0.2) is 44.8 Å². The summed E-state index contributed by atoms with van der Waals surface area (Å²) < 4.78 is 0. The lowest BCUT2D eigenvalue weighted by molar-refractivity contribution is -0.238. The van der Waals surface area contributed by atoms with E-state index in [9.17, 15) is 20.4 Å². The van der Waals surface area contributed by atoms with Gasteiger partial charge in [0.2, 0.25) is 0 Å². The lowest BCUT2D eigenvalue weighted by Crippen LogP contribution is -2.65. The summed E-state index contributed by atoms with van der Waals surface area (Å²) in [4.78, 5) is 0. The van der Waals surface area contributed by atoms with Crippen LogP contribution in [0.5, 0.6) is 0 Å². The van der Waals surface area contributed by atoms with Crippen LogP contribution in [0.15, 0.2) is 11.6 Å². The molecule has 0 aromatic carbocycles. The minimum absolute atomic E-state index is 0.0255. The molecule has 202 valence electrons. The first-order chi connectivity index (χ1) is 16.0. The van der Waals surface area contributed by atoms with Gasteiger partial charge in [0.25, 0.3) is 0 Å². The Kier molecular flexibility index (Phi) is 6.74. The highest BCUT2D eigenvalue weighted by Gasteiger charge is 2.71. The third-order valence-corrected chi connectivity index (χ3v) is 13.3. The van der Waals surface area contributed by atoms with Gasteiger partial charge in [0.1, 0.15) is 0 Å². The minimum Gasteiger partial charge on any atom is -0.393 e. The van der Waals surface area contributed by atoms with E-state index in [2.05, 4.69) is 41.5 Å². The van der Waals surface area contributed by atoms with Crippen LogP contribution in [0.3, 0.4) is 0 Å². The normalized spacial score (nSPS) is 48.6. The van der Waals surface area contributed by atoms with Gasteiger partial charge in [0.05, 0.1) is 24.4 Å². The maximum Gasteiger partial charge on any atom is 0.0856 e. The first-order valence-corrected chi connectivity index (χ1v) is 14.4. The summed E-state index contributed by atoms with van der Waals surface area (Å²) in [5.41, 5.74) is 0.693. The van der Waals surface area contributed by atoms with Gasteiger partial charge in [-0.05, 0) is 122 Å². The highest BCUT2D eigenvalue weighted by Crippen LogP contribution is 2.79. The third kappa shape index (κ3) is 3.74. The molecule has 0 spiro atoms. The van der Waals surface area contributed by atoms with E-state index in [1.807, 2.05) is 6.08 Å². The molecule has 4 fully saturated rings. The Hall–Kier alpha value is -0.420. The monoisotopic (exact) mass is 490 g/mol. The van der Waals surface area contributed by atoms with Gasteiger partial charge in [-0.1, -0.05) is 47.6 Å². The highest BCUT2D eigenvalue weighted by molar-refractivity contribution is 5.25. The lowest BCUT2D eigenvalue weighted by Gasteiger charge is -2.71. The number of aliphatic hydroxyl groups is 4. The van der Waals surface area contributed by atoms with E-state index < -0.39 is 11.7 Å². The van der Waals surface area contributed by atoms with E-state index >= 15 is 0 Å². The van der Waals surface area contributed by atoms with Gasteiger partial charge in [-0.25, -0.2) is 0 Å². The van der Waals surface area contributed by atoms with Crippen molar-refractivity contribution in [3.05, 3.63) is 11.6 Å². The van der Waals surface area contributed by atoms with Crippen LogP contribution in [0.1, 0.15) is 113 Å². The van der Waals surface area contributed by atoms with Gasteiger partial charge in [-0.2, -0.15) is 0 Å². The van der Waals surface area contributed by atoms with Gasteiger partial charge < -0.3 is 20.4 Å². The molecular weight excluding hydrogens is 436 g/mol. The van der Waals surface area contributed by atoms with Crippen LogP contribution < -0.4 is 0 Å². The molecule has 0 aliphatic heterocycles. The molecule has 0 amide bonds. The zero-order valence-corrected chi connectivity index (χ0v) is 23.8. The van der Waals surface area contributed by atoms with E-state index in [1.54, 1.807) is 13.8 Å². The average molecular weight is 491 g/mol. The minimum atomic E-state index is -1.15. The molecule has 0 bridgehead atoms. The van der Waals surface area contributed by atoms with Gasteiger partial charge in [0.15, 0.2) is 0 Å². The Morgan fingerprint density at radius 1 is 0.886 bits per heavy atom. The Morgan fingerprint density at radius 2 is 1.49 bits per heavy atom. The number of hydrogen-bond acceptors (Lipinski definition) is 4. The number of hydrogen-bond donors (Lipinski definition) is 4. The zero-order valence-electron chi connectivity index (χ0n) is 23.8. The second kappa shape index (κ2) is 8.55. The van der Waals surface area contributed by atoms with Crippen molar-refractivity contribution < 1.29 is 20.4 Å². The van der Waals surface area contributed by atoms with E-state index in [1.165, 1.54) is 32.1 Å². The van der Waals surface area contributed by atoms with Crippen LogP contribution in [0.4, 0.5) is 0 Å². The summed E-state index contributed by atoms with van der Waals surface area (Å²) >= 11 is 0. The Labute approximate surface area is 214 Å². The molecule has 4 rings (SSSR count). The molecule has 3 unspecified atom stereocenters. The van der Waals surface area contributed by atoms with Crippen LogP contribution in [0.25, 0.3) is 0 Å². The molecule has 4 aliphatic rings. The predicted octanol–water partition coefficient (Wildman–Crippen LogP) is 5.86. The molecule has 0 heterocycles. The fourth-order valence-electron chi connectivity index (χ4n) is 10.6. The van der Waals surface area contributed by atoms with Crippen molar-refractivity contribution in [2.24, 2.45) is 44.8 Å². The molecule has 4 nitrogen and oxygen atoms in total. The van der Waals surface area contributed by atoms with Gasteiger partial charge >= 0.3 is 0 Å². The first-order valence-electron chi connectivity index (χ1n) is 14.4. The smallest absolute Gasteiger partial charge is 0.0856 e. The summed E-state index contributed by atoms with van der Waals surface area (Å²) in [5.74, 6) is 1.55. The van der Waals surface area contributed by atoms with E-state index in [-0.39, 0.29) is 39.8 Å². The molecular formula is C31H54O4. The summed E-state index contributed by atoms with van der Waals surface area (Å²) in [6.07, 6.45) is 10.5. The number of rotatable bonds is 5. The summed E-state index contributed by atoms with van der Waals surface area (Å²) in [7, 11) is 0. The van der Waals surface area contributed by atoms with Crippen molar-refractivity contribution in [2.75, 3.05) is 6.61 Å². The first kappa shape index (κ1) is 27.6. The topological polar surface area (TPSA) is 80.9 Å². The van der Waals surface area contributed by atoms with Crippen molar-refractivity contribution >= 4 is 0 Å². The van der Waals surface area contributed by atoms with Crippen LogP contribution in [0, 0.1) is 44.8 Å². The summed E-state index contributed by atoms with van der Waals surface area (Å²) in [6.45, 7) is 18.1. The van der Waals surface area contributed by atoms with Gasteiger partial charge in [0, 0.05) is 0 Å². The third-order valence-electron chi connectivity index (χ3n) is 13.3. The molecule has 9 atom stereocenters. The van der Waals surface area contributed by atoms with E-state index in [0.717, 1.165) is 24.8 Å². The maximum absolute atomic E-state index is 10.9. The SMILES string of the molecule is CC(C)(O)C(O)C/C=C(\CO)C1CC[C@]2(C)[C@]1(C)CC[C@@H]1[C@@]3(C)CC[C@H](O)C(C)(C)C3CC[C@]12C. The standard InChI is InChI=1S/C31H54O4/c1-26(2)22-12-17-30(7)23(28(22,5)15-14-24(26)33)13-16-29(6)21(11-18-31(29,30)8)20(19-32)9-10-25(34)27(3,4)35/h9,21-25,32-35H,10-19H2,1-8H3/b20-9+/t21?,22?,23-,24+,25?,28+,29-,30-,31-/m1/s1. The molecule has 4 N–H and O–H groups in total. The van der Waals surface area contributed by atoms with Gasteiger partial charge in [-0.3, -0.25) is 0 Å². The summed E-state index contributed by atoms with van der Waals surface area (Å²) in [6, 6.07) is 0. The molecule has 0 aromatic heterocycles. The molecule has 35 heavy (non-hydrogen) atoms. The molecule has 0 aromatic rings. The van der Waals surface area contributed by atoms with Crippen LogP contribution >= 0.6 is 0 Å². The zero-order chi connectivity index (χ0) is 26.2. The second-order valence-electron chi connectivity index (χ2n) is 15.2.